The maximum absolute atomic E-state index is 6.16. The third-order valence-corrected chi connectivity index (χ3v) is 7.12. The number of hydrogen-bond acceptors (Lipinski definition) is 6. The summed E-state index contributed by atoms with van der Waals surface area (Å²) in [4.78, 5) is 4.82. The lowest BCUT2D eigenvalue weighted by atomic mass is 10.1. The molecular weight excluding hydrogens is 424 g/mol. The van der Waals surface area contributed by atoms with Crippen molar-refractivity contribution in [2.75, 3.05) is 0 Å². The Morgan fingerprint density at radius 1 is 1.06 bits per heavy atom. The second kappa shape index (κ2) is 9.24. The molecule has 0 aliphatic rings. The zero-order valence-corrected chi connectivity index (χ0v) is 20.0. The lowest BCUT2D eigenvalue weighted by molar-refractivity contribution is 0.210. The molecule has 0 fully saturated rings. The van der Waals surface area contributed by atoms with E-state index in [9.17, 15) is 0 Å². The van der Waals surface area contributed by atoms with Gasteiger partial charge in [0.25, 0.3) is 0 Å². The van der Waals surface area contributed by atoms with Crippen molar-refractivity contribution < 1.29 is 4.74 Å². The van der Waals surface area contributed by atoms with Crippen LogP contribution in [0.25, 0.3) is 10.6 Å². The predicted molar refractivity (Wildman–Crippen MR) is 128 cm³/mol. The van der Waals surface area contributed by atoms with E-state index in [0.29, 0.717) is 0 Å². The highest BCUT2D eigenvalue weighted by atomic mass is 32.2. The molecule has 0 amide bonds. The van der Waals surface area contributed by atoms with Crippen molar-refractivity contribution in [1.29, 1.82) is 0 Å². The third-order valence-electron chi connectivity index (χ3n) is 5.14. The Morgan fingerprint density at radius 2 is 1.87 bits per heavy atom. The molecule has 0 saturated carbocycles. The number of rotatable bonds is 7. The Labute approximate surface area is 191 Å². The summed E-state index contributed by atoms with van der Waals surface area (Å²) in [5.74, 6) is 2.43. The highest BCUT2D eigenvalue weighted by molar-refractivity contribution is 7.98. The van der Waals surface area contributed by atoms with Gasteiger partial charge in [0.05, 0.1) is 5.69 Å². The fraction of sp³-hybridized carbons (Fsp3) is 0.292. The molecular formula is C24H26N4OS2. The first kappa shape index (κ1) is 21.6. The van der Waals surface area contributed by atoms with Gasteiger partial charge in [0.15, 0.2) is 17.1 Å². The molecule has 0 saturated heterocycles. The van der Waals surface area contributed by atoms with Crippen molar-refractivity contribution in [1.82, 2.24) is 19.7 Å². The van der Waals surface area contributed by atoms with Gasteiger partial charge in [0, 0.05) is 23.7 Å². The van der Waals surface area contributed by atoms with Crippen molar-refractivity contribution >= 4 is 23.1 Å². The highest BCUT2D eigenvalue weighted by Gasteiger charge is 2.18. The predicted octanol–water partition coefficient (Wildman–Crippen LogP) is 6.30. The summed E-state index contributed by atoms with van der Waals surface area (Å²) in [5, 5.41) is 12.8. The minimum atomic E-state index is -0.194. The largest absolute Gasteiger partial charge is 0.482 e. The van der Waals surface area contributed by atoms with E-state index >= 15 is 0 Å². The number of benzene rings is 2. The Morgan fingerprint density at radius 3 is 2.65 bits per heavy atom. The second-order valence-corrected chi connectivity index (χ2v) is 9.48. The van der Waals surface area contributed by atoms with Crippen LogP contribution in [0.3, 0.4) is 0 Å². The summed E-state index contributed by atoms with van der Waals surface area (Å²) in [6, 6.07) is 14.6. The molecule has 1 unspecified atom stereocenters. The average Bonchev–Trinajstić information content (AvgIpc) is 3.35. The Bertz CT molecular complexity index is 1200. The van der Waals surface area contributed by atoms with Crippen molar-refractivity contribution in [2.24, 2.45) is 7.05 Å². The number of thioether (sulfide) groups is 1. The van der Waals surface area contributed by atoms with Gasteiger partial charge in [-0.3, -0.25) is 0 Å². The van der Waals surface area contributed by atoms with Crippen molar-refractivity contribution in [3.05, 3.63) is 76.1 Å². The van der Waals surface area contributed by atoms with Crippen LogP contribution in [0.2, 0.25) is 0 Å². The molecule has 0 radical (unpaired) electrons. The summed E-state index contributed by atoms with van der Waals surface area (Å²) in [6.45, 7) is 8.27. The molecule has 0 spiro atoms. The summed E-state index contributed by atoms with van der Waals surface area (Å²) in [6.07, 6.45) is -0.194. The van der Waals surface area contributed by atoms with Gasteiger partial charge >= 0.3 is 0 Å². The van der Waals surface area contributed by atoms with Gasteiger partial charge < -0.3 is 9.30 Å². The molecule has 0 N–H and O–H groups in total. The van der Waals surface area contributed by atoms with E-state index in [-0.39, 0.29) is 6.10 Å². The molecule has 31 heavy (non-hydrogen) atoms. The maximum Gasteiger partial charge on any atom is 0.191 e. The number of aryl methyl sites for hydroxylation is 3. The lowest BCUT2D eigenvalue weighted by Crippen LogP contribution is -2.10. The number of hydrogen-bond donors (Lipinski definition) is 0. The first-order valence-corrected chi connectivity index (χ1v) is 12.1. The Kier molecular flexibility index (Phi) is 6.43. The van der Waals surface area contributed by atoms with Crippen LogP contribution in [0.15, 0.2) is 53.0 Å². The molecule has 0 aliphatic heterocycles. The van der Waals surface area contributed by atoms with Crippen LogP contribution in [-0.2, 0) is 12.8 Å². The molecule has 2 aromatic carbocycles. The Hall–Kier alpha value is -2.64. The van der Waals surface area contributed by atoms with E-state index < -0.39 is 0 Å². The van der Waals surface area contributed by atoms with Gasteiger partial charge in [-0.05, 0) is 44.9 Å². The molecule has 4 aromatic rings. The first-order chi connectivity index (χ1) is 14.9. The smallest absolute Gasteiger partial charge is 0.191 e. The van der Waals surface area contributed by atoms with E-state index in [4.69, 9.17) is 9.72 Å². The highest BCUT2D eigenvalue weighted by Crippen LogP contribution is 2.30. The maximum atomic E-state index is 6.16. The third kappa shape index (κ3) is 4.83. The van der Waals surface area contributed by atoms with Crippen LogP contribution in [0.5, 0.6) is 5.75 Å². The van der Waals surface area contributed by atoms with Crippen LogP contribution >= 0.6 is 23.1 Å². The van der Waals surface area contributed by atoms with Crippen LogP contribution in [0.1, 0.15) is 41.2 Å². The fourth-order valence-corrected chi connectivity index (χ4v) is 5.25. The number of thiazole rings is 1. The molecule has 0 aliphatic carbocycles. The zero-order chi connectivity index (χ0) is 22.0. The van der Waals surface area contributed by atoms with E-state index in [1.165, 1.54) is 16.7 Å². The van der Waals surface area contributed by atoms with Gasteiger partial charge in [0.1, 0.15) is 10.8 Å². The van der Waals surface area contributed by atoms with Crippen molar-refractivity contribution in [3.8, 4) is 16.3 Å². The average molecular weight is 451 g/mol. The number of aromatic nitrogens is 4. The summed E-state index contributed by atoms with van der Waals surface area (Å²) >= 11 is 3.32. The summed E-state index contributed by atoms with van der Waals surface area (Å²) in [5.41, 5.74) is 5.84. The fourth-order valence-electron chi connectivity index (χ4n) is 3.43. The van der Waals surface area contributed by atoms with E-state index in [0.717, 1.165) is 38.7 Å². The van der Waals surface area contributed by atoms with E-state index in [2.05, 4.69) is 72.7 Å². The van der Waals surface area contributed by atoms with E-state index in [1.807, 2.05) is 24.6 Å². The summed E-state index contributed by atoms with van der Waals surface area (Å²) in [7, 11) is 1.99. The lowest BCUT2D eigenvalue weighted by Gasteiger charge is -2.16. The standard InChI is InChI=1S/C24H26N4OS2/c1-15-10-11-21(17(3)12-15)29-18(4)22-26-27-24(28(22)5)31-14-19-13-30-23(25-19)20-9-7-6-8-16(20)2/h6-13,18H,14H2,1-5H3. The molecule has 2 heterocycles. The quantitative estimate of drug-likeness (QED) is 0.309. The van der Waals surface area contributed by atoms with Crippen LogP contribution < -0.4 is 4.74 Å². The second-order valence-electron chi connectivity index (χ2n) is 7.68. The molecule has 5 nitrogen and oxygen atoms in total. The van der Waals surface area contributed by atoms with Gasteiger partial charge in [-0.2, -0.15) is 0 Å². The number of ether oxygens (including phenoxy) is 1. The SMILES string of the molecule is Cc1ccc(OC(C)c2nnc(SCc3csc(-c4ccccc4C)n3)n2C)c(C)c1. The van der Waals surface area contributed by atoms with Gasteiger partial charge in [-0.25, -0.2) is 4.98 Å². The van der Waals surface area contributed by atoms with Gasteiger partial charge in [-0.15, -0.1) is 21.5 Å². The van der Waals surface area contributed by atoms with Crippen molar-refractivity contribution in [3.63, 3.8) is 0 Å². The minimum absolute atomic E-state index is 0.194. The Balaban J connectivity index is 1.42. The normalized spacial score (nSPS) is 12.2. The van der Waals surface area contributed by atoms with E-state index in [1.54, 1.807) is 23.1 Å². The van der Waals surface area contributed by atoms with Crippen LogP contribution in [0.4, 0.5) is 0 Å². The molecule has 7 heteroatoms. The molecule has 0 bridgehead atoms. The van der Waals surface area contributed by atoms with Gasteiger partial charge in [-0.1, -0.05) is 53.7 Å². The first-order valence-electron chi connectivity index (χ1n) is 10.2. The molecule has 1 atom stereocenters. The summed E-state index contributed by atoms with van der Waals surface area (Å²) < 4.78 is 8.17. The molecule has 4 rings (SSSR count). The van der Waals surface area contributed by atoms with Crippen LogP contribution in [-0.4, -0.2) is 19.7 Å². The van der Waals surface area contributed by atoms with Crippen molar-refractivity contribution in [2.45, 2.75) is 44.7 Å². The van der Waals surface area contributed by atoms with Crippen LogP contribution in [0, 0.1) is 20.8 Å². The minimum Gasteiger partial charge on any atom is -0.482 e. The molecule has 160 valence electrons. The van der Waals surface area contributed by atoms with Gasteiger partial charge in [0.2, 0.25) is 0 Å². The zero-order valence-electron chi connectivity index (χ0n) is 18.4. The number of nitrogens with zero attached hydrogens (tertiary/aromatic N) is 4. The molecule has 2 aromatic heterocycles. The monoisotopic (exact) mass is 450 g/mol. The topological polar surface area (TPSA) is 52.8 Å².